The zero-order valence-corrected chi connectivity index (χ0v) is 8.48. The van der Waals surface area contributed by atoms with Crippen LogP contribution in [0, 0.1) is 0 Å². The SMILES string of the molecule is ClCc1c[nH]c2ncc(Br)cc12. The Balaban J connectivity index is 2.75. The maximum atomic E-state index is 5.74. The molecule has 0 saturated heterocycles. The summed E-state index contributed by atoms with van der Waals surface area (Å²) in [5.41, 5.74) is 1.97. The molecule has 2 heterocycles. The van der Waals surface area contributed by atoms with Crippen LogP contribution >= 0.6 is 27.5 Å². The molecule has 4 heteroatoms. The van der Waals surface area contributed by atoms with E-state index in [0.717, 1.165) is 21.1 Å². The van der Waals surface area contributed by atoms with Gasteiger partial charge in [0.1, 0.15) is 5.65 Å². The number of rotatable bonds is 1. The van der Waals surface area contributed by atoms with Crippen molar-refractivity contribution in [1.29, 1.82) is 0 Å². The quantitative estimate of drug-likeness (QED) is 0.769. The van der Waals surface area contributed by atoms with Crippen molar-refractivity contribution in [3.8, 4) is 0 Å². The Labute approximate surface area is 83.1 Å². The summed E-state index contributed by atoms with van der Waals surface area (Å²) in [4.78, 5) is 7.24. The summed E-state index contributed by atoms with van der Waals surface area (Å²) in [5.74, 6) is 0.512. The molecule has 2 rings (SSSR count). The van der Waals surface area contributed by atoms with Gasteiger partial charge in [0.15, 0.2) is 0 Å². The van der Waals surface area contributed by atoms with Crippen LogP contribution in [0.15, 0.2) is 22.9 Å². The van der Waals surface area contributed by atoms with Crippen LogP contribution in [-0.4, -0.2) is 9.97 Å². The zero-order valence-electron chi connectivity index (χ0n) is 6.14. The fourth-order valence-electron chi connectivity index (χ4n) is 1.14. The van der Waals surface area contributed by atoms with Crippen molar-refractivity contribution in [3.05, 3.63) is 28.5 Å². The third-order valence-electron chi connectivity index (χ3n) is 1.73. The van der Waals surface area contributed by atoms with Crippen molar-refractivity contribution in [3.63, 3.8) is 0 Å². The van der Waals surface area contributed by atoms with Crippen molar-refractivity contribution in [2.75, 3.05) is 0 Å². The van der Waals surface area contributed by atoms with E-state index in [9.17, 15) is 0 Å². The number of fused-ring (bicyclic) bond motifs is 1. The molecule has 2 nitrogen and oxygen atoms in total. The van der Waals surface area contributed by atoms with Crippen LogP contribution < -0.4 is 0 Å². The lowest BCUT2D eigenvalue weighted by Crippen LogP contribution is -1.77. The number of hydrogen-bond acceptors (Lipinski definition) is 1. The van der Waals surface area contributed by atoms with E-state index < -0.39 is 0 Å². The van der Waals surface area contributed by atoms with Gasteiger partial charge in [-0.3, -0.25) is 0 Å². The smallest absolute Gasteiger partial charge is 0.137 e. The lowest BCUT2D eigenvalue weighted by molar-refractivity contribution is 1.31. The molecule has 0 fully saturated rings. The molecule has 0 unspecified atom stereocenters. The normalized spacial score (nSPS) is 10.8. The van der Waals surface area contributed by atoms with Gasteiger partial charge in [-0.2, -0.15) is 0 Å². The van der Waals surface area contributed by atoms with Crippen LogP contribution in [0.2, 0.25) is 0 Å². The molecule has 2 aromatic heterocycles. The topological polar surface area (TPSA) is 28.7 Å². The predicted molar refractivity (Wildman–Crippen MR) is 53.4 cm³/mol. The second kappa shape index (κ2) is 3.07. The number of hydrogen-bond donors (Lipinski definition) is 1. The average molecular weight is 246 g/mol. The van der Waals surface area contributed by atoms with Gasteiger partial charge in [-0.05, 0) is 27.6 Å². The largest absolute Gasteiger partial charge is 0.346 e. The van der Waals surface area contributed by atoms with Gasteiger partial charge in [0.2, 0.25) is 0 Å². The molecule has 1 N–H and O–H groups in total. The Kier molecular flexibility index (Phi) is 2.07. The minimum Gasteiger partial charge on any atom is -0.346 e. The first-order chi connectivity index (χ1) is 5.81. The van der Waals surface area contributed by atoms with Crippen LogP contribution in [-0.2, 0) is 5.88 Å². The Bertz CT molecular complexity index is 410. The maximum Gasteiger partial charge on any atom is 0.137 e. The van der Waals surface area contributed by atoms with E-state index in [1.165, 1.54) is 0 Å². The molecule has 62 valence electrons. The Morgan fingerprint density at radius 2 is 2.42 bits per heavy atom. The van der Waals surface area contributed by atoms with Gasteiger partial charge in [0, 0.05) is 28.1 Å². The average Bonchev–Trinajstić information content (AvgIpc) is 2.46. The Hall–Kier alpha value is -0.540. The highest BCUT2D eigenvalue weighted by Crippen LogP contribution is 2.21. The van der Waals surface area contributed by atoms with Crippen LogP contribution in [0.25, 0.3) is 11.0 Å². The van der Waals surface area contributed by atoms with Crippen molar-refractivity contribution in [2.45, 2.75) is 5.88 Å². The summed E-state index contributed by atoms with van der Waals surface area (Å²) in [7, 11) is 0. The van der Waals surface area contributed by atoms with E-state index in [1.807, 2.05) is 12.3 Å². The Morgan fingerprint density at radius 1 is 1.58 bits per heavy atom. The minimum absolute atomic E-state index is 0.512. The predicted octanol–water partition coefficient (Wildman–Crippen LogP) is 3.06. The van der Waals surface area contributed by atoms with E-state index >= 15 is 0 Å². The number of pyridine rings is 1. The van der Waals surface area contributed by atoms with Gasteiger partial charge in [-0.1, -0.05) is 0 Å². The molecule has 0 saturated carbocycles. The van der Waals surface area contributed by atoms with E-state index in [-0.39, 0.29) is 0 Å². The van der Waals surface area contributed by atoms with Crippen LogP contribution in [0.4, 0.5) is 0 Å². The molecular weight excluding hydrogens is 239 g/mol. The fraction of sp³-hybridized carbons (Fsp3) is 0.125. The van der Waals surface area contributed by atoms with Crippen LogP contribution in [0.3, 0.4) is 0 Å². The summed E-state index contributed by atoms with van der Waals surface area (Å²) in [6.07, 6.45) is 3.65. The van der Waals surface area contributed by atoms with Crippen molar-refractivity contribution in [1.82, 2.24) is 9.97 Å². The zero-order chi connectivity index (χ0) is 8.55. The van der Waals surface area contributed by atoms with Gasteiger partial charge in [0.05, 0.1) is 0 Å². The van der Waals surface area contributed by atoms with E-state index in [1.54, 1.807) is 6.20 Å². The Morgan fingerprint density at radius 3 is 3.17 bits per heavy atom. The van der Waals surface area contributed by atoms with Gasteiger partial charge in [-0.15, -0.1) is 11.6 Å². The third kappa shape index (κ3) is 1.23. The fourth-order valence-corrected chi connectivity index (χ4v) is 1.70. The van der Waals surface area contributed by atoms with Crippen molar-refractivity contribution < 1.29 is 0 Å². The van der Waals surface area contributed by atoms with Crippen molar-refractivity contribution >= 4 is 38.6 Å². The molecule has 0 amide bonds. The van der Waals surface area contributed by atoms with Crippen LogP contribution in [0.5, 0.6) is 0 Å². The monoisotopic (exact) mass is 244 g/mol. The highest BCUT2D eigenvalue weighted by atomic mass is 79.9. The lowest BCUT2D eigenvalue weighted by atomic mass is 10.2. The molecular formula is C8H6BrClN2. The summed E-state index contributed by atoms with van der Waals surface area (Å²) >= 11 is 9.10. The van der Waals surface area contributed by atoms with Gasteiger partial charge in [-0.25, -0.2) is 4.98 Å². The van der Waals surface area contributed by atoms with Gasteiger partial charge >= 0.3 is 0 Å². The van der Waals surface area contributed by atoms with E-state index in [0.29, 0.717) is 5.88 Å². The number of nitrogens with zero attached hydrogens (tertiary/aromatic N) is 1. The minimum atomic E-state index is 0.512. The lowest BCUT2D eigenvalue weighted by Gasteiger charge is -1.92. The molecule has 0 aromatic carbocycles. The number of H-pyrrole nitrogens is 1. The number of nitrogens with one attached hydrogen (secondary N) is 1. The molecule has 0 bridgehead atoms. The highest BCUT2D eigenvalue weighted by molar-refractivity contribution is 9.10. The summed E-state index contributed by atoms with van der Waals surface area (Å²) in [5, 5.41) is 1.08. The van der Waals surface area contributed by atoms with E-state index in [4.69, 9.17) is 11.6 Å². The summed E-state index contributed by atoms with van der Waals surface area (Å²) in [6, 6.07) is 2.01. The standard InChI is InChI=1S/C8H6BrClN2/c9-6-1-7-5(2-10)3-11-8(7)12-4-6/h1,3-4H,2H2,(H,11,12). The first-order valence-corrected chi connectivity index (χ1v) is 4.81. The van der Waals surface area contributed by atoms with E-state index in [2.05, 4.69) is 25.9 Å². The molecule has 0 atom stereocenters. The highest BCUT2D eigenvalue weighted by Gasteiger charge is 2.02. The first kappa shape index (κ1) is 8.08. The number of aromatic amines is 1. The molecule has 0 aliphatic carbocycles. The molecule has 2 aromatic rings. The van der Waals surface area contributed by atoms with Gasteiger partial charge < -0.3 is 4.98 Å². The first-order valence-electron chi connectivity index (χ1n) is 3.48. The summed E-state index contributed by atoms with van der Waals surface area (Å²) < 4.78 is 0.973. The molecule has 12 heavy (non-hydrogen) atoms. The maximum absolute atomic E-state index is 5.74. The van der Waals surface area contributed by atoms with Crippen molar-refractivity contribution in [2.24, 2.45) is 0 Å². The molecule has 0 radical (unpaired) electrons. The second-order valence-electron chi connectivity index (χ2n) is 2.50. The van der Waals surface area contributed by atoms with Gasteiger partial charge in [0.25, 0.3) is 0 Å². The number of halogens is 2. The second-order valence-corrected chi connectivity index (χ2v) is 3.68. The van der Waals surface area contributed by atoms with Crippen LogP contribution in [0.1, 0.15) is 5.56 Å². The number of alkyl halides is 1. The summed E-state index contributed by atoms with van der Waals surface area (Å²) in [6.45, 7) is 0. The third-order valence-corrected chi connectivity index (χ3v) is 2.45. The molecule has 0 aliphatic heterocycles. The molecule has 0 spiro atoms. The molecule has 0 aliphatic rings. The number of aromatic nitrogens is 2.